The zero-order valence-electron chi connectivity index (χ0n) is 20.5. The highest BCUT2D eigenvalue weighted by molar-refractivity contribution is 6.02. The van der Waals surface area contributed by atoms with Gasteiger partial charge in [0.05, 0.1) is 10.6 Å². The molecule has 0 bridgehead atoms. The third-order valence-corrected chi connectivity index (χ3v) is 7.23. The second-order valence-corrected chi connectivity index (χ2v) is 9.72. The summed E-state index contributed by atoms with van der Waals surface area (Å²) in [5.74, 6) is -0.349. The van der Waals surface area contributed by atoms with Crippen LogP contribution in [-0.4, -0.2) is 27.5 Å². The molecule has 8 heteroatoms. The van der Waals surface area contributed by atoms with Gasteiger partial charge < -0.3 is 15.2 Å². The van der Waals surface area contributed by atoms with Crippen LogP contribution in [0.15, 0.2) is 29.8 Å². The van der Waals surface area contributed by atoms with Gasteiger partial charge in [-0.05, 0) is 69.4 Å². The minimum atomic E-state index is -0.349. The molecule has 4 rings (SSSR count). The largest absolute Gasteiger partial charge is 0.377 e. The van der Waals surface area contributed by atoms with Crippen LogP contribution in [0.1, 0.15) is 74.7 Å². The van der Waals surface area contributed by atoms with Gasteiger partial charge in [-0.3, -0.25) is 14.9 Å². The topological polar surface area (TPSA) is 113 Å². The maximum absolute atomic E-state index is 12.6. The average molecular weight is 476 g/mol. The Kier molecular flexibility index (Phi) is 7.54. The predicted molar refractivity (Wildman–Crippen MR) is 136 cm³/mol. The summed E-state index contributed by atoms with van der Waals surface area (Å²) in [4.78, 5) is 24.2. The van der Waals surface area contributed by atoms with Gasteiger partial charge in [-0.2, -0.15) is 5.26 Å². The number of aryl methyl sites for hydroxylation is 1. The van der Waals surface area contributed by atoms with Crippen LogP contribution >= 0.6 is 0 Å². The van der Waals surface area contributed by atoms with Crippen molar-refractivity contribution in [3.63, 3.8) is 0 Å². The molecular weight excluding hydrogens is 442 g/mol. The molecule has 0 unspecified atom stereocenters. The SMILES string of the molecule is Cc1cc(/C=C(\C#N)C(=O)NC2CCCC2)c(C)n1-c1ccc(NC2CCCCC2)c([N+](=O)[O-])c1. The molecule has 0 atom stereocenters. The number of nitro groups is 1. The molecule has 0 spiro atoms. The van der Waals surface area contributed by atoms with E-state index in [4.69, 9.17) is 0 Å². The highest BCUT2D eigenvalue weighted by atomic mass is 16.6. The summed E-state index contributed by atoms with van der Waals surface area (Å²) in [7, 11) is 0. The van der Waals surface area contributed by atoms with Crippen LogP contribution in [0.5, 0.6) is 0 Å². The second-order valence-electron chi connectivity index (χ2n) is 9.72. The summed E-state index contributed by atoms with van der Waals surface area (Å²) in [6.45, 7) is 3.80. The summed E-state index contributed by atoms with van der Waals surface area (Å²) in [6, 6.07) is 9.58. The number of hydrogen-bond donors (Lipinski definition) is 2. The Hall–Kier alpha value is -3.60. The van der Waals surface area contributed by atoms with Crippen molar-refractivity contribution in [2.75, 3.05) is 5.32 Å². The Morgan fingerprint density at radius 2 is 1.74 bits per heavy atom. The van der Waals surface area contributed by atoms with E-state index >= 15 is 0 Å². The highest BCUT2D eigenvalue weighted by Crippen LogP contribution is 2.32. The van der Waals surface area contributed by atoms with E-state index in [0.717, 1.165) is 68.3 Å². The fourth-order valence-electron chi connectivity index (χ4n) is 5.37. The molecule has 35 heavy (non-hydrogen) atoms. The number of nitro benzene ring substituents is 1. The van der Waals surface area contributed by atoms with Crippen LogP contribution in [0, 0.1) is 35.3 Å². The van der Waals surface area contributed by atoms with Gasteiger partial charge in [0.1, 0.15) is 17.3 Å². The number of nitrogens with zero attached hydrogens (tertiary/aromatic N) is 3. The molecule has 2 saturated carbocycles. The smallest absolute Gasteiger partial charge is 0.294 e. The molecule has 0 radical (unpaired) electrons. The number of nitrogens with one attached hydrogen (secondary N) is 2. The molecule has 184 valence electrons. The number of amides is 1. The number of anilines is 1. The molecule has 2 aromatic rings. The maximum Gasteiger partial charge on any atom is 0.294 e. The van der Waals surface area contributed by atoms with Crippen molar-refractivity contribution in [2.24, 2.45) is 0 Å². The predicted octanol–water partition coefficient (Wildman–Crippen LogP) is 5.71. The number of nitriles is 1. The lowest BCUT2D eigenvalue weighted by Crippen LogP contribution is -2.33. The minimum Gasteiger partial charge on any atom is -0.377 e. The molecule has 1 aromatic carbocycles. The lowest BCUT2D eigenvalue weighted by molar-refractivity contribution is -0.384. The van der Waals surface area contributed by atoms with E-state index < -0.39 is 0 Å². The molecular formula is C27H33N5O3. The first-order valence-corrected chi connectivity index (χ1v) is 12.5. The van der Waals surface area contributed by atoms with E-state index in [1.165, 1.54) is 6.42 Å². The second kappa shape index (κ2) is 10.8. The maximum atomic E-state index is 12.6. The van der Waals surface area contributed by atoms with E-state index in [9.17, 15) is 20.2 Å². The Labute approximate surface area is 206 Å². The first-order chi connectivity index (χ1) is 16.9. The van der Waals surface area contributed by atoms with Crippen LogP contribution in [0.4, 0.5) is 11.4 Å². The summed E-state index contributed by atoms with van der Waals surface area (Å²) in [5, 5.41) is 27.8. The van der Waals surface area contributed by atoms with E-state index in [-0.39, 0.29) is 34.2 Å². The zero-order chi connectivity index (χ0) is 24.9. The third-order valence-electron chi connectivity index (χ3n) is 7.23. The van der Waals surface area contributed by atoms with Crippen molar-refractivity contribution >= 4 is 23.4 Å². The monoisotopic (exact) mass is 475 g/mol. The van der Waals surface area contributed by atoms with Gasteiger partial charge in [0.15, 0.2) is 0 Å². The van der Waals surface area contributed by atoms with Gasteiger partial charge in [0.2, 0.25) is 0 Å². The van der Waals surface area contributed by atoms with Crippen molar-refractivity contribution in [2.45, 2.75) is 83.7 Å². The number of hydrogen-bond acceptors (Lipinski definition) is 5. The van der Waals surface area contributed by atoms with E-state index in [1.54, 1.807) is 18.2 Å². The molecule has 2 fully saturated rings. The van der Waals surface area contributed by atoms with Crippen molar-refractivity contribution in [3.05, 3.63) is 56.9 Å². The number of rotatable bonds is 7. The number of benzene rings is 1. The molecule has 1 aromatic heterocycles. The summed E-state index contributed by atoms with van der Waals surface area (Å²) in [6.07, 6.45) is 11.3. The number of carbonyl (C=O) groups is 1. The quantitative estimate of drug-likeness (QED) is 0.230. The average Bonchev–Trinajstić information content (AvgIpc) is 3.45. The first-order valence-electron chi connectivity index (χ1n) is 12.5. The van der Waals surface area contributed by atoms with Crippen LogP contribution in [0.2, 0.25) is 0 Å². The molecule has 0 aliphatic heterocycles. The number of carbonyl (C=O) groups excluding carboxylic acids is 1. The zero-order valence-corrected chi connectivity index (χ0v) is 20.5. The molecule has 2 aliphatic carbocycles. The van der Waals surface area contributed by atoms with Gasteiger partial charge in [-0.25, -0.2) is 0 Å². The standard InChI is InChI=1S/C27H33N5O3/c1-18-14-20(15-21(17-28)27(33)30-23-10-6-7-11-23)19(2)31(18)24-12-13-25(26(16-24)32(34)35)29-22-8-4-3-5-9-22/h12-16,22-23,29H,3-11H2,1-2H3,(H,30,33)/b21-15+. The Bertz CT molecular complexity index is 1180. The van der Waals surface area contributed by atoms with E-state index in [1.807, 2.05) is 36.6 Å². The normalized spacial score (nSPS) is 17.2. The Morgan fingerprint density at radius 1 is 1.09 bits per heavy atom. The summed E-state index contributed by atoms with van der Waals surface area (Å²) >= 11 is 0. The van der Waals surface area contributed by atoms with Gasteiger partial charge in [0.25, 0.3) is 11.6 Å². The fourth-order valence-corrected chi connectivity index (χ4v) is 5.37. The Balaban J connectivity index is 1.61. The van der Waals surface area contributed by atoms with Crippen LogP contribution < -0.4 is 10.6 Å². The van der Waals surface area contributed by atoms with E-state index in [0.29, 0.717) is 11.4 Å². The number of aromatic nitrogens is 1. The van der Waals surface area contributed by atoms with Gasteiger partial charge in [0, 0.05) is 29.5 Å². The van der Waals surface area contributed by atoms with Crippen LogP contribution in [0.3, 0.4) is 0 Å². The molecule has 1 amide bonds. The fraction of sp³-hybridized carbons (Fsp3) is 0.481. The first kappa shape index (κ1) is 24.5. The lowest BCUT2D eigenvalue weighted by atomic mass is 9.95. The molecule has 2 aliphatic rings. The van der Waals surface area contributed by atoms with Gasteiger partial charge in [-0.15, -0.1) is 0 Å². The van der Waals surface area contributed by atoms with Crippen LogP contribution in [-0.2, 0) is 4.79 Å². The molecule has 0 saturated heterocycles. The summed E-state index contributed by atoms with van der Waals surface area (Å²) in [5.41, 5.74) is 3.75. The highest BCUT2D eigenvalue weighted by Gasteiger charge is 2.22. The van der Waals surface area contributed by atoms with Crippen molar-refractivity contribution in [1.82, 2.24) is 9.88 Å². The van der Waals surface area contributed by atoms with Crippen LogP contribution in [0.25, 0.3) is 11.8 Å². The van der Waals surface area contributed by atoms with Crippen molar-refractivity contribution in [1.29, 1.82) is 5.26 Å². The third kappa shape index (κ3) is 5.56. The Morgan fingerprint density at radius 3 is 2.40 bits per heavy atom. The molecule has 1 heterocycles. The molecule has 8 nitrogen and oxygen atoms in total. The van der Waals surface area contributed by atoms with E-state index in [2.05, 4.69) is 10.6 Å². The van der Waals surface area contributed by atoms with Crippen molar-refractivity contribution in [3.8, 4) is 11.8 Å². The molecule has 2 N–H and O–H groups in total. The van der Waals surface area contributed by atoms with Gasteiger partial charge >= 0.3 is 0 Å². The van der Waals surface area contributed by atoms with Crippen molar-refractivity contribution < 1.29 is 9.72 Å². The summed E-state index contributed by atoms with van der Waals surface area (Å²) < 4.78 is 1.92. The lowest BCUT2D eigenvalue weighted by Gasteiger charge is -2.24. The van der Waals surface area contributed by atoms with Gasteiger partial charge in [-0.1, -0.05) is 32.1 Å². The minimum absolute atomic E-state index is 0.0475.